The van der Waals surface area contributed by atoms with Crippen LogP contribution in [-0.4, -0.2) is 6.21 Å². The van der Waals surface area contributed by atoms with Gasteiger partial charge in [-0.1, -0.05) is 65.3 Å². The number of benzene rings is 3. The van der Waals surface area contributed by atoms with E-state index < -0.39 is 6.29 Å². The highest BCUT2D eigenvalue weighted by Gasteiger charge is 2.25. The summed E-state index contributed by atoms with van der Waals surface area (Å²) < 4.78 is 25.7. The van der Waals surface area contributed by atoms with Gasteiger partial charge in [0.1, 0.15) is 18.2 Å². The molecule has 1 heterocycles. The van der Waals surface area contributed by atoms with E-state index in [2.05, 4.69) is 5.16 Å². The predicted molar refractivity (Wildman–Crippen MR) is 105 cm³/mol. The Morgan fingerprint density at radius 2 is 1.89 bits per heavy atom. The molecular weight excluding hydrogens is 357 g/mol. The summed E-state index contributed by atoms with van der Waals surface area (Å²) in [6, 6.07) is 20.4. The zero-order valence-corrected chi connectivity index (χ0v) is 15.5. The molecule has 0 saturated carbocycles. The van der Waals surface area contributed by atoms with E-state index in [0.29, 0.717) is 16.9 Å². The van der Waals surface area contributed by atoms with Crippen molar-refractivity contribution in [3.05, 3.63) is 100 Å². The van der Waals surface area contributed by atoms with Gasteiger partial charge in [-0.25, -0.2) is 4.39 Å². The van der Waals surface area contributed by atoms with Crippen molar-refractivity contribution in [3.63, 3.8) is 0 Å². The van der Waals surface area contributed by atoms with Gasteiger partial charge in [-0.2, -0.15) is 0 Å². The molecule has 3 aromatic rings. The number of hydrogen-bond donors (Lipinski definition) is 0. The van der Waals surface area contributed by atoms with Gasteiger partial charge in [-0.15, -0.1) is 0 Å². The van der Waals surface area contributed by atoms with Gasteiger partial charge in [0.05, 0.1) is 12.8 Å². The van der Waals surface area contributed by atoms with Crippen LogP contribution in [0, 0.1) is 12.7 Å². The van der Waals surface area contributed by atoms with Gasteiger partial charge >= 0.3 is 0 Å². The Kier molecular flexibility index (Phi) is 5.35. The molecule has 28 heavy (non-hydrogen) atoms. The largest absolute Gasteiger partial charge is 0.460 e. The minimum Gasteiger partial charge on any atom is -0.460 e. The zero-order valence-electron chi connectivity index (χ0n) is 15.5. The van der Waals surface area contributed by atoms with Gasteiger partial charge in [0.25, 0.3) is 0 Å². The average Bonchev–Trinajstić information content (AvgIpc) is 2.72. The summed E-state index contributed by atoms with van der Waals surface area (Å²) in [4.78, 5) is 5.40. The molecule has 1 aliphatic heterocycles. The summed E-state index contributed by atoms with van der Waals surface area (Å²) in [6.45, 7) is 2.40. The minimum atomic E-state index is -0.533. The van der Waals surface area contributed by atoms with Crippen LogP contribution in [-0.2, 0) is 22.8 Å². The van der Waals surface area contributed by atoms with Crippen molar-refractivity contribution in [2.45, 2.75) is 26.4 Å². The van der Waals surface area contributed by atoms with Crippen LogP contribution in [0.2, 0.25) is 0 Å². The molecule has 4 rings (SSSR count). The Balaban J connectivity index is 1.48. The second-order valence-corrected chi connectivity index (χ2v) is 6.64. The van der Waals surface area contributed by atoms with Crippen molar-refractivity contribution in [1.29, 1.82) is 0 Å². The minimum absolute atomic E-state index is 0.101. The number of aryl methyl sites for hydroxylation is 1. The number of rotatable bonds is 5. The van der Waals surface area contributed by atoms with Crippen molar-refractivity contribution < 1.29 is 18.7 Å². The first-order valence-electron chi connectivity index (χ1n) is 9.05. The van der Waals surface area contributed by atoms with E-state index in [9.17, 15) is 4.39 Å². The van der Waals surface area contributed by atoms with Crippen LogP contribution in [0.5, 0.6) is 5.75 Å². The number of nitrogens with zero attached hydrogens (tertiary/aromatic N) is 1. The van der Waals surface area contributed by atoms with E-state index in [0.717, 1.165) is 11.1 Å². The van der Waals surface area contributed by atoms with Gasteiger partial charge < -0.3 is 14.3 Å². The van der Waals surface area contributed by atoms with E-state index in [4.69, 9.17) is 14.3 Å². The lowest BCUT2D eigenvalue weighted by atomic mass is 10.1. The van der Waals surface area contributed by atoms with Crippen LogP contribution in [0.4, 0.5) is 4.39 Å². The quantitative estimate of drug-likeness (QED) is 0.448. The van der Waals surface area contributed by atoms with Crippen LogP contribution in [0.3, 0.4) is 0 Å². The molecule has 0 aromatic heterocycles. The Labute approximate surface area is 163 Å². The highest BCUT2D eigenvalue weighted by Crippen LogP contribution is 2.36. The lowest BCUT2D eigenvalue weighted by molar-refractivity contribution is -0.112. The predicted octanol–water partition coefficient (Wildman–Crippen LogP) is 5.29. The fourth-order valence-electron chi connectivity index (χ4n) is 3.02. The SMILES string of the molecule is Cc1ccc(/C=N\OCc2cc(F)cc3c2O[C@H](c2ccccc2)OC3)cc1. The Morgan fingerprint density at radius 1 is 1.11 bits per heavy atom. The number of fused-ring (bicyclic) bond motifs is 1. The third-order valence-electron chi connectivity index (χ3n) is 4.47. The first-order valence-corrected chi connectivity index (χ1v) is 9.05. The molecule has 0 amide bonds. The maximum Gasteiger partial charge on any atom is 0.227 e. The molecule has 4 nitrogen and oxygen atoms in total. The number of oxime groups is 1. The number of hydrogen-bond acceptors (Lipinski definition) is 4. The molecule has 0 N–H and O–H groups in total. The molecular formula is C23H20FNO3. The van der Waals surface area contributed by atoms with Gasteiger partial charge in [-0.05, 0) is 24.6 Å². The molecule has 0 unspecified atom stereocenters. The van der Waals surface area contributed by atoms with Crippen molar-refractivity contribution in [1.82, 2.24) is 0 Å². The molecule has 1 aliphatic rings. The van der Waals surface area contributed by atoms with E-state index in [1.165, 1.54) is 17.7 Å². The lowest BCUT2D eigenvalue weighted by Crippen LogP contribution is -2.19. The molecule has 142 valence electrons. The van der Waals surface area contributed by atoms with Crippen molar-refractivity contribution >= 4 is 6.21 Å². The summed E-state index contributed by atoms with van der Waals surface area (Å²) >= 11 is 0. The standard InChI is InChI=1S/C23H20FNO3/c1-16-7-9-17(10-8-16)13-25-27-15-20-12-21(24)11-19-14-26-23(28-22(19)20)18-5-3-2-4-6-18/h2-13,23H,14-15H2,1H3/b25-13-/t23-/m1/s1. The maximum atomic E-state index is 14.0. The molecule has 0 radical (unpaired) electrons. The fraction of sp³-hybridized carbons (Fsp3) is 0.174. The first kappa shape index (κ1) is 18.2. The summed E-state index contributed by atoms with van der Waals surface area (Å²) in [6.07, 6.45) is 1.09. The second kappa shape index (κ2) is 8.23. The zero-order chi connectivity index (χ0) is 19.3. The second-order valence-electron chi connectivity index (χ2n) is 6.64. The molecule has 0 aliphatic carbocycles. The summed E-state index contributed by atoms with van der Waals surface area (Å²) in [5.41, 5.74) is 4.27. The summed E-state index contributed by atoms with van der Waals surface area (Å²) in [5.74, 6) is 0.234. The van der Waals surface area contributed by atoms with Crippen LogP contribution in [0.25, 0.3) is 0 Å². The number of ether oxygens (including phenoxy) is 2. The summed E-state index contributed by atoms with van der Waals surface area (Å²) in [7, 11) is 0. The Morgan fingerprint density at radius 3 is 2.68 bits per heavy atom. The molecule has 0 saturated heterocycles. The average molecular weight is 377 g/mol. The lowest BCUT2D eigenvalue weighted by Gasteiger charge is -2.28. The monoisotopic (exact) mass is 377 g/mol. The topological polar surface area (TPSA) is 40.0 Å². The van der Waals surface area contributed by atoms with E-state index in [1.807, 2.05) is 61.5 Å². The van der Waals surface area contributed by atoms with Crippen molar-refractivity contribution in [2.24, 2.45) is 5.16 Å². The molecule has 0 fully saturated rings. The van der Waals surface area contributed by atoms with Gasteiger partial charge in [0, 0.05) is 16.7 Å². The summed E-state index contributed by atoms with van der Waals surface area (Å²) in [5, 5.41) is 3.99. The Hall–Kier alpha value is -3.18. The van der Waals surface area contributed by atoms with Crippen LogP contribution in [0.15, 0.2) is 71.9 Å². The first-order chi connectivity index (χ1) is 13.7. The smallest absolute Gasteiger partial charge is 0.227 e. The maximum absolute atomic E-state index is 14.0. The van der Waals surface area contributed by atoms with Crippen LogP contribution >= 0.6 is 0 Å². The fourth-order valence-corrected chi connectivity index (χ4v) is 3.02. The van der Waals surface area contributed by atoms with Gasteiger partial charge in [0.2, 0.25) is 6.29 Å². The van der Waals surface area contributed by atoms with Gasteiger partial charge in [-0.3, -0.25) is 0 Å². The Bertz CT molecular complexity index is 971. The van der Waals surface area contributed by atoms with E-state index in [-0.39, 0.29) is 19.0 Å². The van der Waals surface area contributed by atoms with E-state index in [1.54, 1.807) is 6.21 Å². The third kappa shape index (κ3) is 4.21. The molecule has 5 heteroatoms. The molecule has 0 bridgehead atoms. The molecule has 1 atom stereocenters. The highest BCUT2D eigenvalue weighted by atomic mass is 19.1. The van der Waals surface area contributed by atoms with Crippen LogP contribution in [0.1, 0.15) is 34.1 Å². The number of halogens is 1. The highest BCUT2D eigenvalue weighted by molar-refractivity contribution is 5.79. The molecule has 3 aromatic carbocycles. The normalized spacial score (nSPS) is 15.9. The van der Waals surface area contributed by atoms with Crippen molar-refractivity contribution in [2.75, 3.05) is 0 Å². The molecule has 0 spiro atoms. The third-order valence-corrected chi connectivity index (χ3v) is 4.47. The van der Waals surface area contributed by atoms with Crippen molar-refractivity contribution in [3.8, 4) is 5.75 Å². The van der Waals surface area contributed by atoms with Crippen LogP contribution < -0.4 is 4.74 Å². The van der Waals surface area contributed by atoms with E-state index >= 15 is 0 Å². The van der Waals surface area contributed by atoms with Gasteiger partial charge in [0.15, 0.2) is 0 Å².